The van der Waals surface area contributed by atoms with E-state index in [2.05, 4.69) is 163 Å². The maximum absolute atomic E-state index is 6.41. The van der Waals surface area contributed by atoms with Crippen LogP contribution in [0.4, 0.5) is 17.1 Å². The number of hydrogen-bond acceptors (Lipinski definition) is 3. The lowest BCUT2D eigenvalue weighted by atomic mass is 9.97. The van der Waals surface area contributed by atoms with Crippen LogP contribution in [0.5, 0.6) is 0 Å². The topological polar surface area (TPSA) is 16.4 Å². The monoisotopic (exact) mass is 593 g/mol. The first-order valence-corrected chi connectivity index (χ1v) is 16.0. The van der Waals surface area contributed by atoms with Gasteiger partial charge in [0.1, 0.15) is 11.2 Å². The molecule has 0 aliphatic rings. The highest BCUT2D eigenvalue weighted by atomic mass is 32.1. The molecular weight excluding hydrogens is 567 g/mol. The Morgan fingerprint density at radius 2 is 0.978 bits per heavy atom. The first-order chi connectivity index (χ1) is 22.3. The van der Waals surface area contributed by atoms with Crippen molar-refractivity contribution < 1.29 is 4.42 Å². The number of hydrogen-bond donors (Lipinski definition) is 0. The SMILES string of the molecule is c1ccc(-c2ccccc2N(c2ccccc2-c2cccc3c2sc2ccccc23)c2cccc3oc4ccccc4c23)cc1. The second-order valence-electron chi connectivity index (χ2n) is 11.3. The van der Waals surface area contributed by atoms with E-state index in [1.54, 1.807) is 0 Å². The van der Waals surface area contributed by atoms with Crippen molar-refractivity contribution >= 4 is 70.5 Å². The van der Waals surface area contributed by atoms with Crippen LogP contribution < -0.4 is 4.90 Å². The number of rotatable bonds is 5. The van der Waals surface area contributed by atoms with Gasteiger partial charge in [0, 0.05) is 42.2 Å². The fraction of sp³-hybridized carbons (Fsp3) is 0. The van der Waals surface area contributed by atoms with E-state index in [0.29, 0.717) is 0 Å². The first-order valence-electron chi connectivity index (χ1n) is 15.2. The molecule has 2 heterocycles. The lowest BCUT2D eigenvalue weighted by molar-refractivity contribution is 0.669. The average molecular weight is 594 g/mol. The molecule has 7 aromatic carbocycles. The molecule has 2 aromatic heterocycles. The third-order valence-electron chi connectivity index (χ3n) is 8.69. The third-order valence-corrected chi connectivity index (χ3v) is 9.91. The maximum atomic E-state index is 6.41. The second kappa shape index (κ2) is 10.5. The van der Waals surface area contributed by atoms with Gasteiger partial charge in [-0.15, -0.1) is 11.3 Å². The van der Waals surface area contributed by atoms with Crippen LogP contribution in [-0.4, -0.2) is 0 Å². The molecule has 0 radical (unpaired) electrons. The van der Waals surface area contributed by atoms with Gasteiger partial charge in [0.25, 0.3) is 0 Å². The van der Waals surface area contributed by atoms with Crippen LogP contribution in [0.3, 0.4) is 0 Å². The van der Waals surface area contributed by atoms with Gasteiger partial charge in [-0.25, -0.2) is 0 Å². The number of benzene rings is 7. The Morgan fingerprint density at radius 3 is 1.84 bits per heavy atom. The molecule has 212 valence electrons. The molecule has 0 saturated carbocycles. The van der Waals surface area contributed by atoms with Crippen molar-refractivity contribution in [1.29, 1.82) is 0 Å². The molecule has 0 saturated heterocycles. The van der Waals surface area contributed by atoms with E-state index in [1.165, 1.54) is 36.9 Å². The van der Waals surface area contributed by atoms with E-state index >= 15 is 0 Å². The summed E-state index contributed by atoms with van der Waals surface area (Å²) in [6.45, 7) is 0. The van der Waals surface area contributed by atoms with E-state index in [-0.39, 0.29) is 0 Å². The predicted molar refractivity (Wildman–Crippen MR) is 192 cm³/mol. The minimum atomic E-state index is 0.875. The summed E-state index contributed by atoms with van der Waals surface area (Å²) in [6.07, 6.45) is 0. The zero-order chi connectivity index (χ0) is 29.7. The highest BCUT2D eigenvalue weighted by molar-refractivity contribution is 7.26. The van der Waals surface area contributed by atoms with Gasteiger partial charge >= 0.3 is 0 Å². The molecule has 45 heavy (non-hydrogen) atoms. The number of nitrogens with zero attached hydrogens (tertiary/aromatic N) is 1. The lowest BCUT2D eigenvalue weighted by Gasteiger charge is -2.30. The van der Waals surface area contributed by atoms with Crippen LogP contribution in [0.1, 0.15) is 0 Å². The Kier molecular flexibility index (Phi) is 6.03. The van der Waals surface area contributed by atoms with Crippen LogP contribution in [0.15, 0.2) is 168 Å². The Hall–Kier alpha value is -5.64. The van der Waals surface area contributed by atoms with Crippen LogP contribution >= 0.6 is 11.3 Å². The zero-order valence-electron chi connectivity index (χ0n) is 24.4. The smallest absolute Gasteiger partial charge is 0.137 e. The normalized spacial score (nSPS) is 11.6. The fourth-order valence-electron chi connectivity index (χ4n) is 6.72. The molecule has 3 heteroatoms. The zero-order valence-corrected chi connectivity index (χ0v) is 25.2. The van der Waals surface area contributed by atoms with Crippen molar-refractivity contribution in [2.75, 3.05) is 4.90 Å². The van der Waals surface area contributed by atoms with Gasteiger partial charge in [0.2, 0.25) is 0 Å². The standard InChI is InChI=1S/C42H27NOS/c1-2-14-28(15-3-1)29-16-4-8-22-35(29)43(37-24-13-26-39-41(37)34-19-6-10-25-38(34)44-39)36-23-9-5-17-30(36)32-20-12-21-33-31-18-7-11-27-40(31)45-42(32)33/h1-27H. The van der Waals surface area contributed by atoms with Crippen molar-refractivity contribution in [3.8, 4) is 22.3 Å². The van der Waals surface area contributed by atoms with Gasteiger partial charge in [0.15, 0.2) is 0 Å². The summed E-state index contributed by atoms with van der Waals surface area (Å²) in [7, 11) is 0. The molecule has 0 bridgehead atoms. The maximum Gasteiger partial charge on any atom is 0.137 e. The molecular formula is C42H27NOS. The predicted octanol–water partition coefficient (Wildman–Crippen LogP) is 12.8. The van der Waals surface area contributed by atoms with Crippen molar-refractivity contribution in [2.24, 2.45) is 0 Å². The molecule has 0 aliphatic heterocycles. The van der Waals surface area contributed by atoms with Crippen molar-refractivity contribution in [3.63, 3.8) is 0 Å². The number of anilines is 3. The van der Waals surface area contributed by atoms with Crippen molar-refractivity contribution in [1.82, 2.24) is 0 Å². The summed E-state index contributed by atoms with van der Waals surface area (Å²) < 4.78 is 9.02. The van der Waals surface area contributed by atoms with E-state index in [9.17, 15) is 0 Å². The van der Waals surface area contributed by atoms with E-state index in [4.69, 9.17) is 4.42 Å². The summed E-state index contributed by atoms with van der Waals surface area (Å²) in [6, 6.07) is 58.4. The second-order valence-corrected chi connectivity index (χ2v) is 12.3. The largest absolute Gasteiger partial charge is 0.456 e. The highest BCUT2D eigenvalue weighted by Crippen LogP contribution is 2.50. The van der Waals surface area contributed by atoms with Crippen molar-refractivity contribution in [3.05, 3.63) is 164 Å². The van der Waals surface area contributed by atoms with Gasteiger partial charge in [-0.1, -0.05) is 127 Å². The number of fused-ring (bicyclic) bond motifs is 6. The molecule has 0 unspecified atom stereocenters. The molecule has 2 nitrogen and oxygen atoms in total. The van der Waals surface area contributed by atoms with Crippen LogP contribution in [0.2, 0.25) is 0 Å². The summed E-state index contributed by atoms with van der Waals surface area (Å²) in [5.74, 6) is 0. The fourth-order valence-corrected chi connectivity index (χ4v) is 7.95. The molecule has 0 fully saturated rings. The lowest BCUT2D eigenvalue weighted by Crippen LogP contribution is -2.12. The average Bonchev–Trinajstić information content (AvgIpc) is 3.68. The first kappa shape index (κ1) is 25.8. The minimum absolute atomic E-state index is 0.875. The summed E-state index contributed by atoms with van der Waals surface area (Å²) >= 11 is 1.87. The van der Waals surface area contributed by atoms with Gasteiger partial charge in [-0.2, -0.15) is 0 Å². The van der Waals surface area contributed by atoms with Crippen LogP contribution in [0, 0.1) is 0 Å². The molecule has 0 N–H and O–H groups in total. The number of para-hydroxylation sites is 3. The summed E-state index contributed by atoms with van der Waals surface area (Å²) in [5.41, 5.74) is 9.82. The summed E-state index contributed by atoms with van der Waals surface area (Å²) in [4.78, 5) is 2.44. The quantitative estimate of drug-likeness (QED) is 0.197. The number of furan rings is 1. The molecule has 0 atom stereocenters. The van der Waals surface area contributed by atoms with Gasteiger partial charge in [-0.05, 0) is 42.0 Å². The van der Waals surface area contributed by atoms with E-state index < -0.39 is 0 Å². The van der Waals surface area contributed by atoms with Crippen LogP contribution in [-0.2, 0) is 0 Å². The van der Waals surface area contributed by atoms with Gasteiger partial charge in [-0.3, -0.25) is 0 Å². The molecule has 0 aliphatic carbocycles. The molecule has 0 amide bonds. The van der Waals surface area contributed by atoms with Crippen LogP contribution in [0.25, 0.3) is 64.4 Å². The van der Waals surface area contributed by atoms with E-state index in [1.807, 2.05) is 17.4 Å². The summed E-state index contributed by atoms with van der Waals surface area (Å²) in [5, 5.41) is 4.81. The Morgan fingerprint density at radius 1 is 0.400 bits per heavy atom. The van der Waals surface area contributed by atoms with E-state index in [0.717, 1.165) is 44.6 Å². The minimum Gasteiger partial charge on any atom is -0.456 e. The number of thiophene rings is 1. The van der Waals surface area contributed by atoms with Crippen molar-refractivity contribution in [2.45, 2.75) is 0 Å². The van der Waals surface area contributed by atoms with Gasteiger partial charge in [0.05, 0.1) is 22.4 Å². The molecule has 9 aromatic rings. The third kappa shape index (κ3) is 4.16. The highest BCUT2D eigenvalue weighted by Gasteiger charge is 2.24. The Labute approximate surface area is 265 Å². The Bertz CT molecular complexity index is 2510. The van der Waals surface area contributed by atoms with Gasteiger partial charge < -0.3 is 9.32 Å². The Balaban J connectivity index is 1.38. The molecule has 0 spiro atoms. The molecule has 9 rings (SSSR count).